The van der Waals surface area contributed by atoms with Crippen LogP contribution in [0.1, 0.15) is 11.1 Å². The van der Waals surface area contributed by atoms with Gasteiger partial charge in [0.2, 0.25) is 17.7 Å². The fourth-order valence-corrected chi connectivity index (χ4v) is 5.47. The molecule has 4 atom stereocenters. The van der Waals surface area contributed by atoms with Crippen LogP contribution in [0.3, 0.4) is 0 Å². The van der Waals surface area contributed by atoms with Crippen LogP contribution in [0.25, 0.3) is 0 Å². The van der Waals surface area contributed by atoms with Crippen molar-refractivity contribution in [2.75, 3.05) is 25.6 Å². The Kier molecular flexibility index (Phi) is 4.96. The average Bonchev–Trinajstić information content (AvgIpc) is 3.34. The van der Waals surface area contributed by atoms with Crippen LogP contribution < -0.4 is 10.6 Å². The summed E-state index contributed by atoms with van der Waals surface area (Å²) in [6.45, 7) is 0.349. The molecule has 8 nitrogen and oxygen atoms in total. The number of hydrogen-bond acceptors (Lipinski definition) is 6. The number of aromatic hydroxyl groups is 1. The van der Waals surface area contributed by atoms with Crippen LogP contribution >= 0.6 is 11.6 Å². The first-order valence-electron chi connectivity index (χ1n) is 10.4. The highest BCUT2D eigenvalue weighted by atomic mass is 35.5. The summed E-state index contributed by atoms with van der Waals surface area (Å²) in [6, 6.07) is 11.3. The number of likely N-dealkylation sites (tertiary alicyclic amines) is 1. The standard InChI is InChI=1S/C23H22ClN3O5/c1-32-9-8-27-20(29)18-17(10-12-2-5-14(28)6-3-12)26-23(19(18)21(27)30)15-11-13(24)4-7-16(15)25-22(23)31/h2-7,11,17-19,26,28H,8-10H2,1H3,(H,25,31)/t17-,18-,19+,23+/m1/s1. The van der Waals surface area contributed by atoms with Crippen molar-refractivity contribution >= 4 is 35.0 Å². The fourth-order valence-electron chi connectivity index (χ4n) is 5.30. The number of phenols is 1. The number of nitrogens with zero attached hydrogens (tertiary/aromatic N) is 1. The van der Waals surface area contributed by atoms with Crippen LogP contribution in [0.2, 0.25) is 5.02 Å². The van der Waals surface area contributed by atoms with Gasteiger partial charge in [-0.1, -0.05) is 23.7 Å². The van der Waals surface area contributed by atoms with E-state index in [4.69, 9.17) is 16.3 Å². The molecule has 5 rings (SSSR count). The molecule has 0 bridgehead atoms. The Morgan fingerprint density at radius 2 is 1.88 bits per heavy atom. The smallest absolute Gasteiger partial charge is 0.250 e. The number of benzene rings is 2. The Hall–Kier alpha value is -2.94. The van der Waals surface area contributed by atoms with E-state index in [-0.39, 0.29) is 36.6 Å². The van der Waals surface area contributed by atoms with Gasteiger partial charge in [-0.15, -0.1) is 0 Å². The number of phenolic OH excluding ortho intramolecular Hbond substituents is 1. The van der Waals surface area contributed by atoms with Gasteiger partial charge in [0, 0.05) is 29.4 Å². The number of imide groups is 1. The van der Waals surface area contributed by atoms with E-state index >= 15 is 0 Å². The van der Waals surface area contributed by atoms with E-state index in [1.54, 1.807) is 42.5 Å². The third-order valence-corrected chi connectivity index (χ3v) is 6.91. The van der Waals surface area contributed by atoms with Gasteiger partial charge in [0.1, 0.15) is 11.3 Å². The van der Waals surface area contributed by atoms with Crippen molar-refractivity contribution in [3.8, 4) is 5.75 Å². The topological polar surface area (TPSA) is 108 Å². The second-order valence-electron chi connectivity index (χ2n) is 8.40. The van der Waals surface area contributed by atoms with Gasteiger partial charge < -0.3 is 15.2 Å². The van der Waals surface area contributed by atoms with E-state index < -0.39 is 23.4 Å². The molecule has 3 aliphatic heterocycles. The van der Waals surface area contributed by atoms with Crippen molar-refractivity contribution in [3.63, 3.8) is 0 Å². The maximum atomic E-state index is 13.5. The van der Waals surface area contributed by atoms with Gasteiger partial charge >= 0.3 is 0 Å². The van der Waals surface area contributed by atoms with Crippen LogP contribution in [0.5, 0.6) is 5.75 Å². The summed E-state index contributed by atoms with van der Waals surface area (Å²) >= 11 is 6.25. The molecule has 3 amide bonds. The Labute approximate surface area is 189 Å². The summed E-state index contributed by atoms with van der Waals surface area (Å²) in [5.74, 6) is -2.54. The number of hydrogen-bond donors (Lipinski definition) is 3. The third kappa shape index (κ3) is 2.94. The molecule has 1 spiro atoms. The lowest BCUT2D eigenvalue weighted by Crippen LogP contribution is -2.53. The highest BCUT2D eigenvalue weighted by Gasteiger charge is 2.70. The summed E-state index contributed by atoms with van der Waals surface area (Å²) in [5.41, 5.74) is 0.636. The third-order valence-electron chi connectivity index (χ3n) is 6.68. The molecule has 2 aromatic carbocycles. The van der Waals surface area contributed by atoms with E-state index in [0.717, 1.165) is 5.56 Å². The minimum absolute atomic E-state index is 0.132. The average molecular weight is 456 g/mol. The SMILES string of the molecule is COCCN1C(=O)[C@H]2[C@@H](C1=O)[C@]1(N[C@@H]2Cc2ccc(O)cc2)C(=O)Nc2ccc(Cl)cc21. The second-order valence-corrected chi connectivity index (χ2v) is 8.83. The van der Waals surface area contributed by atoms with Gasteiger partial charge in [-0.3, -0.25) is 24.6 Å². The molecular formula is C23H22ClN3O5. The van der Waals surface area contributed by atoms with Gasteiger partial charge in [0.25, 0.3) is 0 Å². The van der Waals surface area contributed by atoms with Crippen LogP contribution in [-0.2, 0) is 31.1 Å². The first-order valence-corrected chi connectivity index (χ1v) is 10.8. The Bertz CT molecular complexity index is 1120. The second kappa shape index (κ2) is 7.58. The zero-order valence-corrected chi connectivity index (χ0v) is 18.1. The Morgan fingerprint density at radius 1 is 1.12 bits per heavy atom. The molecule has 2 aromatic rings. The molecule has 3 aliphatic rings. The summed E-state index contributed by atoms with van der Waals surface area (Å²) in [5, 5.41) is 16.3. The zero-order valence-electron chi connectivity index (χ0n) is 17.3. The van der Waals surface area contributed by atoms with Crippen LogP contribution in [0.15, 0.2) is 42.5 Å². The number of anilines is 1. The van der Waals surface area contributed by atoms with Crippen molar-refractivity contribution in [1.29, 1.82) is 0 Å². The highest BCUT2D eigenvalue weighted by molar-refractivity contribution is 6.31. The van der Waals surface area contributed by atoms with Gasteiger partial charge in [0.05, 0.1) is 25.0 Å². The van der Waals surface area contributed by atoms with E-state index in [1.165, 1.54) is 12.0 Å². The summed E-state index contributed by atoms with van der Waals surface area (Å²) < 4.78 is 5.08. The Morgan fingerprint density at radius 3 is 2.59 bits per heavy atom. The lowest BCUT2D eigenvalue weighted by atomic mass is 9.76. The summed E-state index contributed by atoms with van der Waals surface area (Å²) in [4.78, 5) is 41.5. The van der Waals surface area contributed by atoms with Gasteiger partial charge in [-0.05, 0) is 42.3 Å². The van der Waals surface area contributed by atoms with E-state index in [2.05, 4.69) is 10.6 Å². The monoisotopic (exact) mass is 455 g/mol. The highest BCUT2D eigenvalue weighted by Crippen LogP contribution is 2.53. The van der Waals surface area contributed by atoms with E-state index in [9.17, 15) is 19.5 Å². The van der Waals surface area contributed by atoms with E-state index in [0.29, 0.717) is 22.7 Å². The van der Waals surface area contributed by atoms with Crippen LogP contribution in [-0.4, -0.2) is 54.0 Å². The van der Waals surface area contributed by atoms with Gasteiger partial charge in [-0.25, -0.2) is 0 Å². The molecule has 0 aromatic heterocycles. The number of carbonyl (C=O) groups is 3. The number of rotatable bonds is 5. The minimum Gasteiger partial charge on any atom is -0.508 e. The molecule has 3 heterocycles. The number of methoxy groups -OCH3 is 1. The van der Waals surface area contributed by atoms with Crippen LogP contribution in [0.4, 0.5) is 5.69 Å². The largest absolute Gasteiger partial charge is 0.508 e. The minimum atomic E-state index is -1.39. The molecule has 0 aliphatic carbocycles. The maximum Gasteiger partial charge on any atom is 0.250 e. The number of halogens is 1. The lowest BCUT2D eigenvalue weighted by Gasteiger charge is -2.29. The molecule has 9 heteroatoms. The maximum absolute atomic E-state index is 13.5. The zero-order chi connectivity index (χ0) is 22.6. The first kappa shape index (κ1) is 20.9. The van der Waals surface area contributed by atoms with Crippen molar-refractivity contribution in [2.24, 2.45) is 11.8 Å². The Balaban J connectivity index is 1.61. The molecule has 3 N–H and O–H groups in total. The number of nitrogens with one attached hydrogen (secondary N) is 2. The first-order chi connectivity index (χ1) is 15.4. The van der Waals surface area contributed by atoms with Gasteiger partial charge in [0.15, 0.2) is 0 Å². The summed E-state index contributed by atoms with van der Waals surface area (Å²) in [6.07, 6.45) is 0.406. The normalized spacial score (nSPS) is 28.4. The quantitative estimate of drug-likeness (QED) is 0.592. The molecule has 166 valence electrons. The van der Waals surface area contributed by atoms with Crippen molar-refractivity contribution < 1.29 is 24.2 Å². The number of ether oxygens (including phenoxy) is 1. The molecule has 0 unspecified atom stereocenters. The molecule has 2 fully saturated rings. The molecule has 32 heavy (non-hydrogen) atoms. The van der Waals surface area contributed by atoms with Crippen LogP contribution in [0, 0.1) is 11.8 Å². The van der Waals surface area contributed by atoms with Gasteiger partial charge in [-0.2, -0.15) is 0 Å². The van der Waals surface area contributed by atoms with Crippen molar-refractivity contribution in [3.05, 3.63) is 58.6 Å². The number of fused-ring (bicyclic) bond motifs is 4. The molecule has 0 saturated carbocycles. The van der Waals surface area contributed by atoms with E-state index in [1.807, 2.05) is 0 Å². The predicted octanol–water partition coefficient (Wildman–Crippen LogP) is 1.66. The van der Waals surface area contributed by atoms with Crippen molar-refractivity contribution in [1.82, 2.24) is 10.2 Å². The summed E-state index contributed by atoms with van der Waals surface area (Å²) in [7, 11) is 1.51. The number of carbonyl (C=O) groups excluding carboxylic acids is 3. The number of amides is 3. The molecule has 0 radical (unpaired) electrons. The lowest BCUT2D eigenvalue weighted by molar-refractivity contribution is -0.143. The molecule has 2 saturated heterocycles. The fraction of sp³-hybridized carbons (Fsp3) is 0.348. The van der Waals surface area contributed by atoms with Crippen molar-refractivity contribution in [2.45, 2.75) is 18.0 Å². The molecular weight excluding hydrogens is 434 g/mol. The predicted molar refractivity (Wildman–Crippen MR) is 116 cm³/mol.